The molecule has 2 aromatic heterocycles. The zero-order valence-electron chi connectivity index (χ0n) is 13.8. The molecule has 0 spiro atoms. The molecule has 23 heavy (non-hydrogen) atoms. The average molecular weight is 336 g/mol. The van der Waals surface area contributed by atoms with E-state index < -0.39 is 10.0 Å². The maximum absolute atomic E-state index is 12.4. The first-order chi connectivity index (χ1) is 11.1. The highest BCUT2D eigenvalue weighted by atomic mass is 32.2. The lowest BCUT2D eigenvalue weighted by Gasteiger charge is -2.16. The van der Waals surface area contributed by atoms with Gasteiger partial charge in [-0.3, -0.25) is 0 Å². The van der Waals surface area contributed by atoms with E-state index in [-0.39, 0.29) is 11.7 Å². The molecule has 1 aliphatic heterocycles. The first-order valence-corrected chi connectivity index (χ1v) is 9.96. The summed E-state index contributed by atoms with van der Waals surface area (Å²) in [6.07, 6.45) is 4.22. The van der Waals surface area contributed by atoms with Gasteiger partial charge in [0.05, 0.1) is 5.75 Å². The van der Waals surface area contributed by atoms with Gasteiger partial charge in [0.25, 0.3) is 0 Å². The molecule has 0 saturated carbocycles. The lowest BCUT2D eigenvalue weighted by atomic mass is 10.1. The van der Waals surface area contributed by atoms with Gasteiger partial charge >= 0.3 is 0 Å². The number of unbranched alkanes of at least 4 members (excludes halogenated alkanes) is 1. The van der Waals surface area contributed by atoms with Crippen molar-refractivity contribution in [1.29, 1.82) is 0 Å². The minimum atomic E-state index is -3.13. The molecule has 2 aromatic rings. The fourth-order valence-electron chi connectivity index (χ4n) is 3.25. The Labute approximate surface area is 137 Å². The van der Waals surface area contributed by atoms with Crippen LogP contribution in [-0.2, 0) is 16.6 Å². The molecule has 1 fully saturated rings. The van der Waals surface area contributed by atoms with Crippen molar-refractivity contribution >= 4 is 21.2 Å². The number of nitrogens with zero attached hydrogens (tertiary/aromatic N) is 4. The lowest BCUT2D eigenvalue weighted by Crippen LogP contribution is -2.31. The molecule has 0 amide bonds. The largest absolute Gasteiger partial charge is 0.313 e. The van der Waals surface area contributed by atoms with E-state index in [2.05, 4.69) is 16.5 Å². The highest BCUT2D eigenvalue weighted by Crippen LogP contribution is 2.30. The summed E-state index contributed by atoms with van der Waals surface area (Å²) in [4.78, 5) is 9.14. The van der Waals surface area contributed by atoms with Crippen LogP contribution in [0.15, 0.2) is 18.3 Å². The molecule has 6 nitrogen and oxygen atoms in total. The van der Waals surface area contributed by atoms with Crippen LogP contribution < -0.4 is 0 Å². The standard InChI is InChI=1S/C16H24N4O2S/c1-3-5-11-23(21,22)19-10-8-13(12-19)15-18-14-7-6-9-17-16(14)20(15)4-2/h6-7,9,13H,3-5,8,10-12H2,1-2H3. The zero-order valence-corrected chi connectivity index (χ0v) is 14.6. The van der Waals surface area contributed by atoms with Crippen molar-refractivity contribution in [2.45, 2.75) is 45.6 Å². The Balaban J connectivity index is 1.84. The second kappa shape index (κ2) is 6.57. The summed E-state index contributed by atoms with van der Waals surface area (Å²) in [5.74, 6) is 1.37. The number of aromatic nitrogens is 3. The second-order valence-electron chi connectivity index (χ2n) is 6.07. The molecule has 1 unspecified atom stereocenters. The van der Waals surface area contributed by atoms with E-state index in [0.29, 0.717) is 13.1 Å². The monoisotopic (exact) mass is 336 g/mol. The fraction of sp³-hybridized carbons (Fsp3) is 0.625. The third-order valence-electron chi connectivity index (χ3n) is 4.51. The Morgan fingerprint density at radius 1 is 1.35 bits per heavy atom. The predicted octanol–water partition coefficient (Wildman–Crippen LogP) is 2.37. The summed E-state index contributed by atoms with van der Waals surface area (Å²) < 4.78 is 28.5. The summed E-state index contributed by atoms with van der Waals surface area (Å²) in [5, 5.41) is 0. The quantitative estimate of drug-likeness (QED) is 0.812. The molecule has 1 atom stereocenters. The van der Waals surface area contributed by atoms with Crippen molar-refractivity contribution in [2.75, 3.05) is 18.8 Å². The van der Waals surface area contributed by atoms with E-state index in [1.165, 1.54) is 0 Å². The van der Waals surface area contributed by atoms with Gasteiger partial charge in [-0.1, -0.05) is 13.3 Å². The number of aryl methyl sites for hydroxylation is 1. The number of sulfonamides is 1. The summed E-state index contributed by atoms with van der Waals surface area (Å²) in [7, 11) is -3.13. The molecule has 3 heterocycles. The van der Waals surface area contributed by atoms with Crippen molar-refractivity contribution in [3.05, 3.63) is 24.2 Å². The number of pyridine rings is 1. The van der Waals surface area contributed by atoms with Gasteiger partial charge in [0.2, 0.25) is 10.0 Å². The Kier molecular flexibility index (Phi) is 4.68. The molecule has 0 N–H and O–H groups in total. The van der Waals surface area contributed by atoms with Gasteiger partial charge in [0.1, 0.15) is 11.3 Å². The van der Waals surface area contributed by atoms with Gasteiger partial charge in [-0.2, -0.15) is 0 Å². The van der Waals surface area contributed by atoms with Crippen LogP contribution in [0, 0.1) is 0 Å². The second-order valence-corrected chi connectivity index (χ2v) is 8.16. The lowest BCUT2D eigenvalue weighted by molar-refractivity contribution is 0.467. The fourth-order valence-corrected chi connectivity index (χ4v) is 4.95. The van der Waals surface area contributed by atoms with Crippen LogP contribution in [0.4, 0.5) is 0 Å². The molecule has 126 valence electrons. The molecule has 1 saturated heterocycles. The first-order valence-electron chi connectivity index (χ1n) is 8.35. The number of rotatable bonds is 6. The predicted molar refractivity (Wildman–Crippen MR) is 90.8 cm³/mol. The topological polar surface area (TPSA) is 68.1 Å². The van der Waals surface area contributed by atoms with E-state index in [9.17, 15) is 8.42 Å². The number of fused-ring (bicyclic) bond motifs is 1. The maximum Gasteiger partial charge on any atom is 0.214 e. The van der Waals surface area contributed by atoms with Crippen LogP contribution in [0.25, 0.3) is 11.2 Å². The number of hydrogen-bond donors (Lipinski definition) is 0. The molecular formula is C16H24N4O2S. The summed E-state index contributed by atoms with van der Waals surface area (Å²) in [6.45, 7) is 6.01. The molecule has 3 rings (SSSR count). The Morgan fingerprint density at radius 3 is 2.91 bits per heavy atom. The Hall–Kier alpha value is -1.47. The van der Waals surface area contributed by atoms with E-state index in [1.807, 2.05) is 19.1 Å². The van der Waals surface area contributed by atoms with Crippen LogP contribution in [-0.4, -0.2) is 46.1 Å². The van der Waals surface area contributed by atoms with Crippen LogP contribution in [0.1, 0.15) is 44.9 Å². The number of imidazole rings is 1. The van der Waals surface area contributed by atoms with E-state index in [1.54, 1.807) is 10.5 Å². The Morgan fingerprint density at radius 2 is 2.17 bits per heavy atom. The zero-order chi connectivity index (χ0) is 16.4. The van der Waals surface area contributed by atoms with Gasteiger partial charge in [-0.15, -0.1) is 0 Å². The highest BCUT2D eigenvalue weighted by molar-refractivity contribution is 7.89. The van der Waals surface area contributed by atoms with Gasteiger partial charge in [-0.05, 0) is 31.9 Å². The van der Waals surface area contributed by atoms with Gasteiger partial charge in [0.15, 0.2) is 5.65 Å². The number of hydrogen-bond acceptors (Lipinski definition) is 4. The molecule has 0 bridgehead atoms. The van der Waals surface area contributed by atoms with Crippen molar-refractivity contribution < 1.29 is 8.42 Å². The minimum Gasteiger partial charge on any atom is -0.313 e. The molecule has 0 radical (unpaired) electrons. The summed E-state index contributed by atoms with van der Waals surface area (Å²) in [6, 6.07) is 3.85. The van der Waals surface area contributed by atoms with Gasteiger partial charge in [-0.25, -0.2) is 22.7 Å². The average Bonchev–Trinajstić information content (AvgIpc) is 3.17. The van der Waals surface area contributed by atoms with E-state index >= 15 is 0 Å². The molecule has 1 aliphatic rings. The molecule has 0 aromatic carbocycles. The van der Waals surface area contributed by atoms with Gasteiger partial charge in [0, 0.05) is 31.7 Å². The molecule has 7 heteroatoms. The van der Waals surface area contributed by atoms with E-state index in [0.717, 1.165) is 42.8 Å². The SMILES string of the molecule is CCCCS(=O)(=O)N1CCC(c2nc3cccnc3n2CC)C1. The third kappa shape index (κ3) is 3.12. The van der Waals surface area contributed by atoms with Crippen molar-refractivity contribution in [1.82, 2.24) is 18.8 Å². The van der Waals surface area contributed by atoms with E-state index in [4.69, 9.17) is 4.98 Å². The highest BCUT2D eigenvalue weighted by Gasteiger charge is 2.34. The van der Waals surface area contributed by atoms with Crippen LogP contribution in [0.3, 0.4) is 0 Å². The smallest absolute Gasteiger partial charge is 0.214 e. The maximum atomic E-state index is 12.4. The summed E-state index contributed by atoms with van der Waals surface area (Å²) >= 11 is 0. The van der Waals surface area contributed by atoms with Crippen LogP contribution >= 0.6 is 0 Å². The molecular weight excluding hydrogens is 312 g/mol. The van der Waals surface area contributed by atoms with Crippen molar-refractivity contribution in [3.63, 3.8) is 0 Å². The normalized spacial score (nSPS) is 19.7. The van der Waals surface area contributed by atoms with Crippen molar-refractivity contribution in [2.24, 2.45) is 0 Å². The summed E-state index contributed by atoms with van der Waals surface area (Å²) in [5.41, 5.74) is 1.77. The van der Waals surface area contributed by atoms with Crippen LogP contribution in [0.5, 0.6) is 0 Å². The first kappa shape index (κ1) is 16.4. The van der Waals surface area contributed by atoms with Crippen molar-refractivity contribution in [3.8, 4) is 0 Å². The van der Waals surface area contributed by atoms with Gasteiger partial charge < -0.3 is 4.57 Å². The Bertz CT molecular complexity index is 784. The third-order valence-corrected chi connectivity index (χ3v) is 6.44. The van der Waals surface area contributed by atoms with Crippen LogP contribution in [0.2, 0.25) is 0 Å². The minimum absolute atomic E-state index is 0.153. The molecule has 0 aliphatic carbocycles.